The number of carboxylic acid groups (broad SMARTS) is 1. The lowest BCUT2D eigenvalue weighted by molar-refractivity contribution is -0.138. The molecule has 0 aliphatic heterocycles. The molecule has 0 fully saturated rings. The zero-order valence-electron chi connectivity index (χ0n) is 6.77. The molecule has 0 radical (unpaired) electrons. The first kappa shape index (κ1) is 10.1. The van der Waals surface area contributed by atoms with Gasteiger partial charge in [0.05, 0.1) is 0 Å². The highest BCUT2D eigenvalue weighted by molar-refractivity contribution is 9.10. The van der Waals surface area contributed by atoms with Crippen LogP contribution in [-0.4, -0.2) is 22.1 Å². The zero-order valence-corrected chi connectivity index (χ0v) is 8.36. The van der Waals surface area contributed by atoms with Gasteiger partial charge in [-0.3, -0.25) is 9.78 Å². The molecule has 0 unspecified atom stereocenters. The van der Waals surface area contributed by atoms with E-state index in [0.717, 1.165) is 4.47 Å². The Morgan fingerprint density at radius 1 is 1.77 bits per heavy atom. The van der Waals surface area contributed by atoms with Crippen LogP contribution in [0.4, 0.5) is 0 Å². The molecule has 0 aromatic carbocycles. The van der Waals surface area contributed by atoms with E-state index >= 15 is 0 Å². The minimum atomic E-state index is -1.01. The number of pyridine rings is 1. The molecule has 3 N–H and O–H groups in total. The smallest absolute Gasteiger partial charge is 0.320 e. The molecule has 1 aromatic heterocycles. The summed E-state index contributed by atoms with van der Waals surface area (Å²) in [6.07, 6.45) is 1.85. The van der Waals surface area contributed by atoms with Crippen molar-refractivity contribution in [1.29, 1.82) is 0 Å². The molecule has 1 aromatic rings. The van der Waals surface area contributed by atoms with Gasteiger partial charge >= 0.3 is 5.97 Å². The maximum absolute atomic E-state index is 10.4. The van der Waals surface area contributed by atoms with Crippen molar-refractivity contribution in [2.24, 2.45) is 5.73 Å². The summed E-state index contributed by atoms with van der Waals surface area (Å²) in [6, 6.07) is 2.64. The molecule has 13 heavy (non-hydrogen) atoms. The molecule has 0 aliphatic rings. The standard InChI is InChI=1S/C8H9BrN2O2/c9-5-1-2-11-6(3-5)4-7(10)8(12)13/h1-3,7H,4,10H2,(H,12,13)/t7-/m1/s1. The van der Waals surface area contributed by atoms with Crippen LogP contribution in [0.15, 0.2) is 22.8 Å². The number of hydrogen-bond acceptors (Lipinski definition) is 3. The van der Waals surface area contributed by atoms with Crippen molar-refractivity contribution in [3.63, 3.8) is 0 Å². The number of halogens is 1. The first-order valence-corrected chi connectivity index (χ1v) is 4.47. The van der Waals surface area contributed by atoms with Gasteiger partial charge in [-0.25, -0.2) is 0 Å². The van der Waals surface area contributed by atoms with E-state index in [2.05, 4.69) is 20.9 Å². The van der Waals surface area contributed by atoms with Gasteiger partial charge in [0, 0.05) is 22.8 Å². The van der Waals surface area contributed by atoms with Gasteiger partial charge in [0.1, 0.15) is 6.04 Å². The molecule has 1 atom stereocenters. The molecule has 0 amide bonds. The second kappa shape index (κ2) is 4.34. The van der Waals surface area contributed by atoms with E-state index < -0.39 is 12.0 Å². The van der Waals surface area contributed by atoms with Crippen LogP contribution < -0.4 is 5.73 Å². The Morgan fingerprint density at radius 2 is 2.46 bits per heavy atom. The lowest BCUT2D eigenvalue weighted by Crippen LogP contribution is -2.32. The first-order chi connectivity index (χ1) is 6.09. The second-order valence-electron chi connectivity index (χ2n) is 2.61. The Kier molecular flexibility index (Phi) is 3.39. The molecule has 70 valence electrons. The molecule has 0 saturated carbocycles. The average molecular weight is 245 g/mol. The maximum atomic E-state index is 10.4. The highest BCUT2D eigenvalue weighted by Crippen LogP contribution is 2.10. The quantitative estimate of drug-likeness (QED) is 0.825. The number of hydrogen-bond donors (Lipinski definition) is 2. The average Bonchev–Trinajstić information content (AvgIpc) is 2.04. The lowest BCUT2D eigenvalue weighted by atomic mass is 10.1. The van der Waals surface area contributed by atoms with Gasteiger partial charge in [0.25, 0.3) is 0 Å². The Hall–Kier alpha value is -0.940. The van der Waals surface area contributed by atoms with Crippen molar-refractivity contribution in [2.45, 2.75) is 12.5 Å². The van der Waals surface area contributed by atoms with Crippen LogP contribution in [0.25, 0.3) is 0 Å². The monoisotopic (exact) mass is 244 g/mol. The summed E-state index contributed by atoms with van der Waals surface area (Å²) in [4.78, 5) is 14.4. The fourth-order valence-electron chi connectivity index (χ4n) is 0.873. The minimum Gasteiger partial charge on any atom is -0.480 e. The van der Waals surface area contributed by atoms with Crippen LogP contribution in [0, 0.1) is 0 Å². The summed E-state index contributed by atoms with van der Waals surface area (Å²) in [5.74, 6) is -1.01. The van der Waals surface area contributed by atoms with Gasteiger partial charge in [-0.05, 0) is 12.1 Å². The SMILES string of the molecule is N[C@H](Cc1cc(Br)ccn1)C(=O)O. The highest BCUT2D eigenvalue weighted by Gasteiger charge is 2.12. The first-order valence-electron chi connectivity index (χ1n) is 3.68. The summed E-state index contributed by atoms with van der Waals surface area (Å²) < 4.78 is 0.870. The van der Waals surface area contributed by atoms with Crippen molar-refractivity contribution in [1.82, 2.24) is 4.98 Å². The Morgan fingerprint density at radius 3 is 3.00 bits per heavy atom. The Labute approximate surface area is 83.9 Å². The lowest BCUT2D eigenvalue weighted by Gasteiger charge is -2.05. The topological polar surface area (TPSA) is 76.2 Å². The third-order valence-electron chi connectivity index (χ3n) is 1.52. The number of aliphatic carboxylic acids is 1. The predicted molar refractivity (Wildman–Crippen MR) is 51.3 cm³/mol. The van der Waals surface area contributed by atoms with Crippen LogP contribution in [0.1, 0.15) is 5.69 Å². The van der Waals surface area contributed by atoms with Gasteiger partial charge in [-0.1, -0.05) is 15.9 Å². The predicted octanol–water partition coefficient (Wildman–Crippen LogP) is 0.798. The summed E-state index contributed by atoms with van der Waals surface area (Å²) in [5, 5.41) is 8.55. The zero-order chi connectivity index (χ0) is 9.84. The molecule has 0 spiro atoms. The van der Waals surface area contributed by atoms with E-state index in [0.29, 0.717) is 5.69 Å². The van der Waals surface area contributed by atoms with Crippen molar-refractivity contribution in [3.8, 4) is 0 Å². The van der Waals surface area contributed by atoms with Crippen LogP contribution in [-0.2, 0) is 11.2 Å². The Balaban J connectivity index is 2.69. The van der Waals surface area contributed by atoms with Crippen molar-refractivity contribution in [2.75, 3.05) is 0 Å². The van der Waals surface area contributed by atoms with Gasteiger partial charge < -0.3 is 10.8 Å². The van der Waals surface area contributed by atoms with Gasteiger partial charge in [-0.15, -0.1) is 0 Å². The maximum Gasteiger partial charge on any atom is 0.320 e. The molecular formula is C8H9BrN2O2. The van der Waals surface area contributed by atoms with Crippen molar-refractivity contribution >= 4 is 21.9 Å². The molecular weight excluding hydrogens is 236 g/mol. The molecule has 1 heterocycles. The summed E-state index contributed by atoms with van der Waals surface area (Å²) in [5.41, 5.74) is 6.01. The van der Waals surface area contributed by atoms with E-state index in [9.17, 15) is 4.79 Å². The fraction of sp³-hybridized carbons (Fsp3) is 0.250. The second-order valence-corrected chi connectivity index (χ2v) is 3.53. The molecule has 0 saturated heterocycles. The summed E-state index contributed by atoms with van der Waals surface area (Å²) in [6.45, 7) is 0. The highest BCUT2D eigenvalue weighted by atomic mass is 79.9. The van der Waals surface area contributed by atoms with E-state index in [1.54, 1.807) is 18.3 Å². The number of nitrogens with zero attached hydrogens (tertiary/aromatic N) is 1. The molecule has 1 rings (SSSR count). The van der Waals surface area contributed by atoms with Crippen LogP contribution in [0.5, 0.6) is 0 Å². The van der Waals surface area contributed by atoms with Gasteiger partial charge in [0.15, 0.2) is 0 Å². The largest absolute Gasteiger partial charge is 0.480 e. The third kappa shape index (κ3) is 3.12. The number of carbonyl (C=O) groups is 1. The minimum absolute atomic E-state index is 0.245. The van der Waals surface area contributed by atoms with E-state index in [1.165, 1.54) is 0 Å². The number of aromatic nitrogens is 1. The van der Waals surface area contributed by atoms with E-state index in [4.69, 9.17) is 10.8 Å². The van der Waals surface area contributed by atoms with Crippen molar-refractivity contribution < 1.29 is 9.90 Å². The molecule has 5 heteroatoms. The number of rotatable bonds is 3. The van der Waals surface area contributed by atoms with Gasteiger partial charge in [-0.2, -0.15) is 0 Å². The fourth-order valence-corrected chi connectivity index (χ4v) is 1.26. The summed E-state index contributed by atoms with van der Waals surface area (Å²) >= 11 is 3.26. The third-order valence-corrected chi connectivity index (χ3v) is 2.02. The van der Waals surface area contributed by atoms with Gasteiger partial charge in [0.2, 0.25) is 0 Å². The van der Waals surface area contributed by atoms with Crippen LogP contribution in [0.3, 0.4) is 0 Å². The Bertz CT molecular complexity index is 317. The number of nitrogens with two attached hydrogens (primary N) is 1. The van der Waals surface area contributed by atoms with E-state index in [1.807, 2.05) is 0 Å². The molecule has 4 nitrogen and oxygen atoms in total. The number of carboxylic acids is 1. The van der Waals surface area contributed by atoms with Crippen LogP contribution in [0.2, 0.25) is 0 Å². The molecule has 0 aliphatic carbocycles. The normalized spacial score (nSPS) is 12.5. The van der Waals surface area contributed by atoms with E-state index in [-0.39, 0.29) is 6.42 Å². The van der Waals surface area contributed by atoms with Crippen LogP contribution >= 0.6 is 15.9 Å². The summed E-state index contributed by atoms with van der Waals surface area (Å²) in [7, 11) is 0. The molecule has 0 bridgehead atoms. The van der Waals surface area contributed by atoms with Crippen molar-refractivity contribution in [3.05, 3.63) is 28.5 Å².